The standard InChI is InChI=1S/C10H17NOS/c1-13-7-9-6-12-10(11-9)8-4-2-3-5-8/h8-9H,2-7H2,1H3/t9-/m1/s1. The number of ether oxygens (including phenoxy) is 1. The summed E-state index contributed by atoms with van der Waals surface area (Å²) in [4.78, 5) is 4.63. The number of aliphatic imine (C=N–C) groups is 1. The van der Waals surface area contributed by atoms with Gasteiger partial charge in [0, 0.05) is 11.7 Å². The van der Waals surface area contributed by atoms with E-state index in [0.717, 1.165) is 18.3 Å². The molecule has 1 aliphatic carbocycles. The maximum absolute atomic E-state index is 5.64. The maximum atomic E-state index is 5.64. The summed E-state index contributed by atoms with van der Waals surface area (Å²) < 4.78 is 5.64. The third-order valence-electron chi connectivity index (χ3n) is 2.80. The van der Waals surface area contributed by atoms with Crippen molar-refractivity contribution < 1.29 is 4.74 Å². The molecule has 1 heterocycles. The summed E-state index contributed by atoms with van der Waals surface area (Å²) >= 11 is 1.86. The van der Waals surface area contributed by atoms with Crippen molar-refractivity contribution in [3.8, 4) is 0 Å². The van der Waals surface area contributed by atoms with E-state index in [4.69, 9.17) is 4.74 Å². The van der Waals surface area contributed by atoms with Crippen LogP contribution in [0.2, 0.25) is 0 Å². The highest BCUT2D eigenvalue weighted by Gasteiger charge is 2.27. The Hall–Kier alpha value is -0.180. The zero-order valence-corrected chi connectivity index (χ0v) is 8.98. The normalized spacial score (nSPS) is 29.0. The zero-order chi connectivity index (χ0) is 9.10. The van der Waals surface area contributed by atoms with Crippen molar-refractivity contribution in [2.75, 3.05) is 18.6 Å². The van der Waals surface area contributed by atoms with E-state index in [9.17, 15) is 0 Å². The second-order valence-corrected chi connectivity index (χ2v) is 4.78. The minimum Gasteiger partial charge on any atom is -0.478 e. The van der Waals surface area contributed by atoms with Crippen LogP contribution in [0.4, 0.5) is 0 Å². The molecule has 2 nitrogen and oxygen atoms in total. The first-order valence-electron chi connectivity index (χ1n) is 5.09. The van der Waals surface area contributed by atoms with Crippen LogP contribution in [0.15, 0.2) is 4.99 Å². The van der Waals surface area contributed by atoms with Crippen LogP contribution in [0.25, 0.3) is 0 Å². The van der Waals surface area contributed by atoms with Gasteiger partial charge in [-0.3, -0.25) is 0 Å². The Labute approximate surface area is 84.1 Å². The number of nitrogens with zero attached hydrogens (tertiary/aromatic N) is 1. The van der Waals surface area contributed by atoms with Crippen LogP contribution in [0.5, 0.6) is 0 Å². The van der Waals surface area contributed by atoms with E-state index in [2.05, 4.69) is 11.2 Å². The first-order chi connectivity index (χ1) is 6.40. The van der Waals surface area contributed by atoms with E-state index in [-0.39, 0.29) is 0 Å². The minimum atomic E-state index is 0.436. The third-order valence-corrected chi connectivity index (χ3v) is 3.51. The van der Waals surface area contributed by atoms with Gasteiger partial charge in [0.1, 0.15) is 6.61 Å². The van der Waals surface area contributed by atoms with E-state index in [1.807, 2.05) is 11.8 Å². The van der Waals surface area contributed by atoms with Crippen molar-refractivity contribution in [3.63, 3.8) is 0 Å². The highest BCUT2D eigenvalue weighted by Crippen LogP contribution is 2.28. The van der Waals surface area contributed by atoms with Gasteiger partial charge >= 0.3 is 0 Å². The van der Waals surface area contributed by atoms with Gasteiger partial charge in [0.2, 0.25) is 0 Å². The lowest BCUT2D eigenvalue weighted by atomic mass is 10.1. The molecule has 1 aliphatic heterocycles. The largest absolute Gasteiger partial charge is 0.478 e. The van der Waals surface area contributed by atoms with E-state index >= 15 is 0 Å². The lowest BCUT2D eigenvalue weighted by molar-refractivity contribution is 0.304. The Balaban J connectivity index is 1.89. The van der Waals surface area contributed by atoms with Crippen LogP contribution in [0.1, 0.15) is 25.7 Å². The molecule has 0 aromatic heterocycles. The summed E-state index contributed by atoms with van der Waals surface area (Å²) in [6.45, 7) is 0.826. The van der Waals surface area contributed by atoms with Gasteiger partial charge in [-0.25, -0.2) is 4.99 Å². The van der Waals surface area contributed by atoms with Crippen molar-refractivity contribution in [2.45, 2.75) is 31.7 Å². The van der Waals surface area contributed by atoms with E-state index < -0.39 is 0 Å². The Morgan fingerprint density at radius 3 is 2.92 bits per heavy atom. The minimum absolute atomic E-state index is 0.436. The molecule has 0 N–H and O–H groups in total. The monoisotopic (exact) mass is 199 g/mol. The first-order valence-corrected chi connectivity index (χ1v) is 6.49. The molecule has 1 atom stereocenters. The molecule has 0 amide bonds. The second-order valence-electron chi connectivity index (χ2n) is 3.87. The van der Waals surface area contributed by atoms with Crippen LogP contribution in [0.3, 0.4) is 0 Å². The molecule has 0 spiro atoms. The molecule has 13 heavy (non-hydrogen) atoms. The molecule has 3 heteroatoms. The molecule has 0 radical (unpaired) electrons. The lowest BCUT2D eigenvalue weighted by Crippen LogP contribution is -2.11. The Morgan fingerprint density at radius 2 is 2.23 bits per heavy atom. The predicted octanol–water partition coefficient (Wildman–Crippen LogP) is 2.34. The van der Waals surface area contributed by atoms with E-state index in [1.54, 1.807) is 0 Å². The molecule has 0 unspecified atom stereocenters. The van der Waals surface area contributed by atoms with Crippen molar-refractivity contribution in [3.05, 3.63) is 0 Å². The quantitative estimate of drug-likeness (QED) is 0.696. The number of hydrogen-bond donors (Lipinski definition) is 0. The van der Waals surface area contributed by atoms with E-state index in [0.29, 0.717) is 12.0 Å². The van der Waals surface area contributed by atoms with Crippen molar-refractivity contribution in [1.29, 1.82) is 0 Å². The molecule has 0 saturated heterocycles. The van der Waals surface area contributed by atoms with Crippen LogP contribution < -0.4 is 0 Å². The van der Waals surface area contributed by atoms with Gasteiger partial charge in [-0.05, 0) is 19.1 Å². The Bertz CT molecular complexity index is 199. The number of hydrogen-bond acceptors (Lipinski definition) is 3. The van der Waals surface area contributed by atoms with Crippen LogP contribution in [0, 0.1) is 5.92 Å². The average molecular weight is 199 g/mol. The molecule has 0 bridgehead atoms. The highest BCUT2D eigenvalue weighted by atomic mass is 32.2. The van der Waals surface area contributed by atoms with Crippen molar-refractivity contribution in [1.82, 2.24) is 0 Å². The van der Waals surface area contributed by atoms with Crippen LogP contribution in [-0.4, -0.2) is 30.6 Å². The van der Waals surface area contributed by atoms with Gasteiger partial charge in [-0.15, -0.1) is 0 Å². The highest BCUT2D eigenvalue weighted by molar-refractivity contribution is 7.98. The summed E-state index contributed by atoms with van der Waals surface area (Å²) in [6.07, 6.45) is 7.44. The summed E-state index contributed by atoms with van der Waals surface area (Å²) in [5.74, 6) is 2.83. The Kier molecular flexibility index (Phi) is 3.14. The SMILES string of the molecule is CSC[C@H]1COC(C2CCCC2)=N1. The molecule has 1 saturated carbocycles. The summed E-state index contributed by atoms with van der Waals surface area (Å²) in [6, 6.07) is 0.436. The van der Waals surface area contributed by atoms with Crippen molar-refractivity contribution >= 4 is 17.7 Å². The fraction of sp³-hybridized carbons (Fsp3) is 0.900. The predicted molar refractivity (Wildman–Crippen MR) is 57.5 cm³/mol. The molecular weight excluding hydrogens is 182 g/mol. The van der Waals surface area contributed by atoms with Crippen molar-refractivity contribution in [2.24, 2.45) is 10.9 Å². The molecule has 2 aliphatic rings. The molecule has 2 rings (SSSR count). The molecule has 0 aromatic rings. The molecule has 74 valence electrons. The summed E-state index contributed by atoms with van der Waals surface area (Å²) in [5, 5.41) is 0. The first kappa shape index (κ1) is 9.38. The Morgan fingerprint density at radius 1 is 1.46 bits per heavy atom. The summed E-state index contributed by atoms with van der Waals surface area (Å²) in [5.41, 5.74) is 0. The third kappa shape index (κ3) is 2.19. The molecular formula is C10H17NOS. The van der Waals surface area contributed by atoms with Crippen LogP contribution >= 0.6 is 11.8 Å². The van der Waals surface area contributed by atoms with Gasteiger partial charge in [-0.2, -0.15) is 11.8 Å². The van der Waals surface area contributed by atoms with Gasteiger partial charge in [0.25, 0.3) is 0 Å². The number of thioether (sulfide) groups is 1. The lowest BCUT2D eigenvalue weighted by Gasteiger charge is -2.06. The molecule has 0 aromatic carbocycles. The average Bonchev–Trinajstić information content (AvgIpc) is 2.70. The second kappa shape index (κ2) is 4.36. The fourth-order valence-electron chi connectivity index (χ4n) is 2.11. The summed E-state index contributed by atoms with van der Waals surface area (Å²) in [7, 11) is 0. The molecule has 1 fully saturated rings. The fourth-order valence-corrected chi connectivity index (χ4v) is 2.67. The van der Waals surface area contributed by atoms with Gasteiger partial charge in [-0.1, -0.05) is 12.8 Å². The number of rotatable bonds is 3. The zero-order valence-electron chi connectivity index (χ0n) is 8.16. The smallest absolute Gasteiger partial charge is 0.186 e. The maximum Gasteiger partial charge on any atom is 0.186 e. The van der Waals surface area contributed by atoms with Gasteiger partial charge in [0.05, 0.1) is 6.04 Å². The van der Waals surface area contributed by atoms with E-state index in [1.165, 1.54) is 25.7 Å². The topological polar surface area (TPSA) is 21.6 Å². The van der Waals surface area contributed by atoms with Gasteiger partial charge in [0.15, 0.2) is 5.90 Å². The van der Waals surface area contributed by atoms with Gasteiger partial charge < -0.3 is 4.74 Å². The van der Waals surface area contributed by atoms with Crippen LogP contribution in [-0.2, 0) is 4.74 Å².